The van der Waals surface area contributed by atoms with E-state index in [2.05, 4.69) is 27.0 Å². The lowest BCUT2D eigenvalue weighted by atomic mass is 9.93. The molecule has 1 heterocycles. The molecule has 4 rings (SSSR count). The van der Waals surface area contributed by atoms with Gasteiger partial charge in [-0.05, 0) is 74.7 Å². The summed E-state index contributed by atoms with van der Waals surface area (Å²) in [6.45, 7) is 9.26. The molecular formula is C32H38N6O2. The maximum absolute atomic E-state index is 14.2. The molecule has 40 heavy (non-hydrogen) atoms. The van der Waals surface area contributed by atoms with Crippen LogP contribution in [0.25, 0.3) is 5.57 Å². The van der Waals surface area contributed by atoms with Crippen molar-refractivity contribution in [2.45, 2.75) is 71.5 Å². The van der Waals surface area contributed by atoms with Crippen LogP contribution < -0.4 is 10.2 Å². The van der Waals surface area contributed by atoms with E-state index < -0.39 is 6.04 Å². The van der Waals surface area contributed by atoms with Gasteiger partial charge in [0.25, 0.3) is 0 Å². The number of carbonyl (C=O) groups excluding carboxylic acids is 2. The van der Waals surface area contributed by atoms with Gasteiger partial charge in [-0.1, -0.05) is 55.7 Å². The number of hydrogen-bond acceptors (Lipinski definition) is 4. The molecule has 2 aromatic carbocycles. The van der Waals surface area contributed by atoms with Gasteiger partial charge in [-0.2, -0.15) is 0 Å². The highest BCUT2D eigenvalue weighted by atomic mass is 16.2. The molecule has 0 aliphatic heterocycles. The van der Waals surface area contributed by atoms with Crippen molar-refractivity contribution < 1.29 is 9.59 Å². The van der Waals surface area contributed by atoms with Crippen molar-refractivity contribution in [3.63, 3.8) is 0 Å². The molecule has 1 aliphatic carbocycles. The van der Waals surface area contributed by atoms with Gasteiger partial charge in [-0.25, -0.2) is 9.98 Å². The number of rotatable bonds is 10. The second-order valence-electron chi connectivity index (χ2n) is 10.3. The van der Waals surface area contributed by atoms with Gasteiger partial charge in [0.1, 0.15) is 24.7 Å². The summed E-state index contributed by atoms with van der Waals surface area (Å²) >= 11 is 0. The van der Waals surface area contributed by atoms with Crippen LogP contribution >= 0.6 is 0 Å². The Balaban J connectivity index is 1.82. The number of aliphatic imine (C=N–C) groups is 2. The van der Waals surface area contributed by atoms with E-state index in [1.807, 2.05) is 69.3 Å². The van der Waals surface area contributed by atoms with E-state index in [0.717, 1.165) is 53.8 Å². The van der Waals surface area contributed by atoms with Crippen LogP contribution in [0.4, 0.5) is 5.69 Å². The highest BCUT2D eigenvalue weighted by molar-refractivity contribution is 6.01. The number of aryl methyl sites for hydroxylation is 2. The zero-order valence-corrected chi connectivity index (χ0v) is 23.6. The summed E-state index contributed by atoms with van der Waals surface area (Å²) < 4.78 is 1.80. The lowest BCUT2D eigenvalue weighted by Gasteiger charge is -2.34. The largest absolute Gasteiger partial charge is 0.351 e. The van der Waals surface area contributed by atoms with E-state index in [1.165, 1.54) is 12.8 Å². The van der Waals surface area contributed by atoms with Crippen molar-refractivity contribution in [1.29, 1.82) is 0 Å². The Morgan fingerprint density at radius 1 is 1.15 bits per heavy atom. The molecule has 1 atom stereocenters. The normalized spacial score (nSPS) is 15.1. The Hall–Kier alpha value is -4.33. The summed E-state index contributed by atoms with van der Waals surface area (Å²) in [5, 5.41) is 3.29. The van der Waals surface area contributed by atoms with Gasteiger partial charge in [0.2, 0.25) is 11.8 Å². The molecule has 1 N–H and O–H groups in total. The third-order valence-corrected chi connectivity index (χ3v) is 7.44. The van der Waals surface area contributed by atoms with E-state index in [1.54, 1.807) is 28.1 Å². The van der Waals surface area contributed by atoms with Gasteiger partial charge in [0.15, 0.2) is 0 Å². The monoisotopic (exact) mass is 538 g/mol. The number of anilines is 1. The van der Waals surface area contributed by atoms with Crippen LogP contribution in [0.1, 0.15) is 67.6 Å². The minimum atomic E-state index is -0.845. The quantitative estimate of drug-likeness (QED) is 0.261. The molecule has 208 valence electrons. The average molecular weight is 539 g/mol. The topological polar surface area (TPSA) is 92.0 Å². The SMILES string of the molecule is C=NC=NC=C(C)c1cccc(N(C(=O)Cn2ccnc2C)C(C(=O)NC2CCCCC2)c2ccccc2C)c1. The summed E-state index contributed by atoms with van der Waals surface area (Å²) in [6.07, 6.45) is 11.8. The summed E-state index contributed by atoms with van der Waals surface area (Å²) in [5.41, 5.74) is 4.14. The van der Waals surface area contributed by atoms with Crippen molar-refractivity contribution in [2.24, 2.45) is 9.98 Å². The highest BCUT2D eigenvalue weighted by Gasteiger charge is 2.35. The predicted molar refractivity (Wildman–Crippen MR) is 162 cm³/mol. The van der Waals surface area contributed by atoms with Crippen LogP contribution in [0.15, 0.2) is 77.1 Å². The van der Waals surface area contributed by atoms with E-state index >= 15 is 0 Å². The molecule has 1 aromatic heterocycles. The minimum absolute atomic E-state index is 0.0548. The van der Waals surface area contributed by atoms with Crippen LogP contribution in [0.2, 0.25) is 0 Å². The van der Waals surface area contributed by atoms with Gasteiger partial charge in [0, 0.05) is 30.3 Å². The van der Waals surface area contributed by atoms with Crippen LogP contribution in [0, 0.1) is 13.8 Å². The first-order valence-electron chi connectivity index (χ1n) is 13.8. The first-order chi connectivity index (χ1) is 19.4. The van der Waals surface area contributed by atoms with Crippen LogP contribution in [-0.4, -0.2) is 40.5 Å². The molecule has 8 nitrogen and oxygen atoms in total. The van der Waals surface area contributed by atoms with Crippen LogP contribution in [0.5, 0.6) is 0 Å². The number of amides is 2. The van der Waals surface area contributed by atoms with Crippen molar-refractivity contribution in [2.75, 3.05) is 4.90 Å². The van der Waals surface area contributed by atoms with Crippen molar-refractivity contribution in [3.8, 4) is 0 Å². The lowest BCUT2D eigenvalue weighted by molar-refractivity contribution is -0.127. The fourth-order valence-corrected chi connectivity index (χ4v) is 5.22. The number of benzene rings is 2. The fourth-order valence-electron chi connectivity index (χ4n) is 5.22. The molecule has 1 fully saturated rings. The molecule has 0 radical (unpaired) electrons. The summed E-state index contributed by atoms with van der Waals surface area (Å²) in [4.78, 5) is 42.1. The number of nitrogens with zero attached hydrogens (tertiary/aromatic N) is 5. The Labute approximate surface area is 236 Å². The van der Waals surface area contributed by atoms with Crippen molar-refractivity contribution >= 4 is 36.1 Å². The van der Waals surface area contributed by atoms with Gasteiger partial charge >= 0.3 is 0 Å². The first kappa shape index (κ1) is 28.7. The van der Waals surface area contributed by atoms with Gasteiger partial charge in [-0.3, -0.25) is 19.5 Å². The molecule has 2 amide bonds. The summed E-state index contributed by atoms with van der Waals surface area (Å²) in [6, 6.07) is 14.7. The molecule has 1 unspecified atom stereocenters. The fraction of sp³-hybridized carbons (Fsp3) is 0.344. The summed E-state index contributed by atoms with van der Waals surface area (Å²) in [5.74, 6) is 0.352. The Bertz CT molecular complexity index is 1400. The Kier molecular flexibility index (Phi) is 9.78. The zero-order chi connectivity index (χ0) is 28.5. The molecule has 0 bridgehead atoms. The third-order valence-electron chi connectivity index (χ3n) is 7.44. The molecular weight excluding hydrogens is 500 g/mol. The predicted octanol–water partition coefficient (Wildman–Crippen LogP) is 5.81. The maximum atomic E-state index is 14.2. The van der Waals surface area contributed by atoms with Crippen molar-refractivity contribution in [3.05, 3.63) is 89.6 Å². The number of hydrogen-bond donors (Lipinski definition) is 1. The van der Waals surface area contributed by atoms with Crippen LogP contribution in [-0.2, 0) is 16.1 Å². The van der Waals surface area contributed by atoms with E-state index in [-0.39, 0.29) is 24.4 Å². The standard InChI is InChI=1S/C32H38N6O2/c1-23-11-8-9-16-29(23)31(32(40)36-27-13-6-5-7-14-27)38(30(39)21-37-18-17-35-25(37)3)28-15-10-12-26(19-28)24(2)20-34-22-33-4/h8-12,15-20,22,27,31H,4-7,13-14,21H2,1-3H3,(H,36,40). The first-order valence-corrected chi connectivity index (χ1v) is 13.8. The van der Waals surface area contributed by atoms with E-state index in [0.29, 0.717) is 5.69 Å². The third kappa shape index (κ3) is 7.00. The van der Waals surface area contributed by atoms with Gasteiger partial charge in [0.05, 0.1) is 0 Å². The summed E-state index contributed by atoms with van der Waals surface area (Å²) in [7, 11) is 0. The Morgan fingerprint density at radius 2 is 1.93 bits per heavy atom. The second kappa shape index (κ2) is 13.6. The average Bonchev–Trinajstić information content (AvgIpc) is 3.36. The number of carbonyl (C=O) groups is 2. The molecule has 1 aliphatic rings. The molecule has 0 spiro atoms. The smallest absolute Gasteiger partial charge is 0.248 e. The number of allylic oxidation sites excluding steroid dienone is 1. The Morgan fingerprint density at radius 3 is 2.62 bits per heavy atom. The minimum Gasteiger partial charge on any atom is -0.351 e. The van der Waals surface area contributed by atoms with Crippen molar-refractivity contribution in [1.82, 2.24) is 14.9 Å². The van der Waals surface area contributed by atoms with Gasteiger partial charge < -0.3 is 9.88 Å². The molecule has 1 saturated carbocycles. The van der Waals surface area contributed by atoms with E-state index in [4.69, 9.17) is 0 Å². The molecule has 8 heteroatoms. The lowest BCUT2D eigenvalue weighted by Crippen LogP contribution is -2.48. The number of imidazole rings is 1. The van der Waals surface area contributed by atoms with Crippen LogP contribution in [0.3, 0.4) is 0 Å². The van der Waals surface area contributed by atoms with E-state index in [9.17, 15) is 9.59 Å². The number of aromatic nitrogens is 2. The molecule has 0 saturated heterocycles. The second-order valence-corrected chi connectivity index (χ2v) is 10.3. The number of nitrogens with one attached hydrogen (secondary N) is 1. The maximum Gasteiger partial charge on any atom is 0.248 e. The highest BCUT2D eigenvalue weighted by Crippen LogP contribution is 2.33. The van der Waals surface area contributed by atoms with Gasteiger partial charge in [-0.15, -0.1) is 0 Å². The molecule has 3 aromatic rings. The zero-order valence-electron chi connectivity index (χ0n) is 23.6.